The van der Waals surface area contributed by atoms with Gasteiger partial charge in [-0.2, -0.15) is 0 Å². The minimum absolute atomic E-state index is 0.0392. The Hall–Kier alpha value is -2.42. The molecule has 0 atom stereocenters. The van der Waals surface area contributed by atoms with Crippen molar-refractivity contribution in [3.05, 3.63) is 78.0 Å². The average Bonchev–Trinajstić information content (AvgIpc) is 2.55. The summed E-state index contributed by atoms with van der Waals surface area (Å²) in [6, 6.07) is 16.9. The van der Waals surface area contributed by atoms with E-state index in [9.17, 15) is 9.18 Å². The van der Waals surface area contributed by atoms with Crippen LogP contribution >= 0.6 is 0 Å². The van der Waals surface area contributed by atoms with Crippen LogP contribution in [0.4, 0.5) is 10.1 Å². The van der Waals surface area contributed by atoms with E-state index in [1.54, 1.807) is 18.3 Å². The van der Waals surface area contributed by atoms with Crippen molar-refractivity contribution in [2.45, 2.75) is 12.8 Å². The Bertz CT molecular complexity index is 590. The number of carbonyl (C=O) groups is 1. The average molecular weight is 283 g/mol. The third kappa shape index (κ3) is 4.88. The highest BCUT2D eigenvalue weighted by Gasteiger charge is 1.99. The summed E-state index contributed by atoms with van der Waals surface area (Å²) in [6.45, 7) is -0.287. The lowest BCUT2D eigenvalue weighted by Crippen LogP contribution is -1.96. The van der Waals surface area contributed by atoms with E-state index in [0.717, 1.165) is 17.7 Å². The van der Waals surface area contributed by atoms with Gasteiger partial charge in [0.05, 0.1) is 6.67 Å². The van der Waals surface area contributed by atoms with Crippen LogP contribution in [-0.4, -0.2) is 12.5 Å². The fourth-order valence-corrected chi connectivity index (χ4v) is 1.95. The van der Waals surface area contributed by atoms with Gasteiger partial charge in [0.15, 0.2) is 5.78 Å². The standard InChI is InChI=1S/C18H18FNO/c19-13-4-5-15-8-10-17(11-9-15)20-14-12-18(21)16-6-2-1-3-7-16/h1-3,6-12,14,20H,4-5,13H2/b14-12+. The van der Waals surface area contributed by atoms with Gasteiger partial charge in [-0.3, -0.25) is 9.18 Å². The van der Waals surface area contributed by atoms with Crippen LogP contribution in [0.25, 0.3) is 0 Å². The smallest absolute Gasteiger partial charge is 0.187 e. The lowest BCUT2D eigenvalue weighted by Gasteiger charge is -2.03. The molecule has 0 aliphatic rings. The first kappa shape index (κ1) is 15.0. The van der Waals surface area contributed by atoms with Crippen molar-refractivity contribution in [3.63, 3.8) is 0 Å². The summed E-state index contributed by atoms with van der Waals surface area (Å²) in [5, 5.41) is 3.05. The van der Waals surface area contributed by atoms with Crippen LogP contribution in [0, 0.1) is 0 Å². The summed E-state index contributed by atoms with van der Waals surface area (Å²) in [7, 11) is 0. The fraction of sp³-hybridized carbons (Fsp3) is 0.167. The maximum absolute atomic E-state index is 12.1. The van der Waals surface area contributed by atoms with Crippen molar-refractivity contribution in [1.29, 1.82) is 0 Å². The molecule has 2 aromatic rings. The summed E-state index contributed by atoms with van der Waals surface area (Å²) >= 11 is 0. The van der Waals surface area contributed by atoms with Crippen LogP contribution in [0.1, 0.15) is 22.3 Å². The Morgan fingerprint density at radius 1 is 1.05 bits per heavy atom. The third-order valence-corrected chi connectivity index (χ3v) is 3.10. The second-order valence-corrected chi connectivity index (χ2v) is 4.70. The second-order valence-electron chi connectivity index (χ2n) is 4.70. The molecule has 0 aromatic heterocycles. The predicted octanol–water partition coefficient (Wildman–Crippen LogP) is 4.40. The summed E-state index contributed by atoms with van der Waals surface area (Å²) in [4.78, 5) is 11.8. The van der Waals surface area contributed by atoms with E-state index in [4.69, 9.17) is 0 Å². The van der Waals surface area contributed by atoms with E-state index in [0.29, 0.717) is 12.0 Å². The van der Waals surface area contributed by atoms with E-state index in [1.165, 1.54) is 6.08 Å². The molecule has 2 rings (SSSR count). The second kappa shape index (κ2) is 8.00. The van der Waals surface area contributed by atoms with Gasteiger partial charge in [0.2, 0.25) is 0 Å². The van der Waals surface area contributed by atoms with E-state index < -0.39 is 0 Å². The summed E-state index contributed by atoms with van der Waals surface area (Å²) in [6.07, 6.45) is 4.44. The van der Waals surface area contributed by atoms with Gasteiger partial charge in [0.1, 0.15) is 0 Å². The van der Waals surface area contributed by atoms with Crippen LogP contribution in [0.15, 0.2) is 66.9 Å². The van der Waals surface area contributed by atoms with Gasteiger partial charge in [-0.05, 0) is 30.5 Å². The molecule has 0 aliphatic heterocycles. The summed E-state index contributed by atoms with van der Waals surface area (Å²) in [5.74, 6) is -0.0392. The molecule has 0 fully saturated rings. The first-order chi connectivity index (χ1) is 10.3. The van der Waals surface area contributed by atoms with Crippen molar-refractivity contribution in [1.82, 2.24) is 0 Å². The molecule has 0 saturated carbocycles. The molecule has 0 amide bonds. The van der Waals surface area contributed by atoms with Gasteiger partial charge in [-0.25, -0.2) is 0 Å². The predicted molar refractivity (Wildman–Crippen MR) is 84.3 cm³/mol. The molecule has 0 heterocycles. The van der Waals surface area contributed by atoms with Gasteiger partial charge < -0.3 is 5.32 Å². The lowest BCUT2D eigenvalue weighted by molar-refractivity contribution is 0.104. The number of alkyl halides is 1. The first-order valence-electron chi connectivity index (χ1n) is 6.97. The van der Waals surface area contributed by atoms with Crippen LogP contribution < -0.4 is 5.32 Å². The number of nitrogens with one attached hydrogen (secondary N) is 1. The molecule has 0 saturated heterocycles. The maximum Gasteiger partial charge on any atom is 0.187 e. The number of rotatable bonds is 7. The van der Waals surface area contributed by atoms with Crippen molar-refractivity contribution in [2.24, 2.45) is 0 Å². The van der Waals surface area contributed by atoms with Crippen LogP contribution in [0.2, 0.25) is 0 Å². The lowest BCUT2D eigenvalue weighted by atomic mass is 10.1. The van der Waals surface area contributed by atoms with Crippen LogP contribution in [0.5, 0.6) is 0 Å². The molecule has 108 valence electrons. The van der Waals surface area contributed by atoms with Crippen LogP contribution in [-0.2, 0) is 6.42 Å². The fourth-order valence-electron chi connectivity index (χ4n) is 1.95. The van der Waals surface area contributed by atoms with Gasteiger partial charge in [0, 0.05) is 23.5 Å². The SMILES string of the molecule is O=C(/C=C/Nc1ccc(CCCF)cc1)c1ccccc1. The highest BCUT2D eigenvalue weighted by atomic mass is 19.1. The third-order valence-electron chi connectivity index (χ3n) is 3.10. The summed E-state index contributed by atoms with van der Waals surface area (Å²) in [5.41, 5.74) is 2.68. The Morgan fingerprint density at radius 3 is 2.43 bits per heavy atom. The number of carbonyl (C=O) groups excluding carboxylic acids is 1. The van der Waals surface area contributed by atoms with Gasteiger partial charge in [-0.15, -0.1) is 0 Å². The molecule has 2 aromatic carbocycles. The highest BCUT2D eigenvalue weighted by molar-refractivity contribution is 6.04. The molecule has 21 heavy (non-hydrogen) atoms. The van der Waals surface area contributed by atoms with Crippen molar-refractivity contribution in [2.75, 3.05) is 12.0 Å². The topological polar surface area (TPSA) is 29.1 Å². The Morgan fingerprint density at radius 2 is 1.76 bits per heavy atom. The van der Waals surface area contributed by atoms with E-state index >= 15 is 0 Å². The van der Waals surface area contributed by atoms with Gasteiger partial charge >= 0.3 is 0 Å². The van der Waals surface area contributed by atoms with Gasteiger partial charge in [0.25, 0.3) is 0 Å². The zero-order valence-electron chi connectivity index (χ0n) is 11.8. The molecule has 0 bridgehead atoms. The first-order valence-corrected chi connectivity index (χ1v) is 6.97. The molecule has 1 N–H and O–H groups in total. The molecule has 0 spiro atoms. The van der Waals surface area contributed by atoms with Crippen molar-refractivity contribution < 1.29 is 9.18 Å². The van der Waals surface area contributed by atoms with Gasteiger partial charge in [-0.1, -0.05) is 42.5 Å². The van der Waals surface area contributed by atoms with Crippen molar-refractivity contribution >= 4 is 11.5 Å². The minimum atomic E-state index is -0.287. The molecule has 2 nitrogen and oxygen atoms in total. The zero-order chi connectivity index (χ0) is 14.9. The Labute approximate surface area is 124 Å². The number of anilines is 1. The molecule has 0 radical (unpaired) electrons. The molecule has 3 heteroatoms. The normalized spacial score (nSPS) is 10.7. The van der Waals surface area contributed by atoms with E-state index in [2.05, 4.69) is 5.32 Å². The quantitative estimate of drug-likeness (QED) is 0.603. The zero-order valence-corrected chi connectivity index (χ0v) is 11.8. The largest absolute Gasteiger partial charge is 0.362 e. The molecule has 0 unspecified atom stereocenters. The Balaban J connectivity index is 1.88. The number of hydrogen-bond donors (Lipinski definition) is 1. The number of allylic oxidation sites excluding steroid dienone is 1. The number of aryl methyl sites for hydroxylation is 1. The number of benzene rings is 2. The van der Waals surface area contributed by atoms with E-state index in [1.807, 2.05) is 42.5 Å². The number of hydrogen-bond acceptors (Lipinski definition) is 2. The molecular weight excluding hydrogens is 265 g/mol. The molecular formula is C18H18FNO. The maximum atomic E-state index is 12.1. The van der Waals surface area contributed by atoms with E-state index in [-0.39, 0.29) is 12.5 Å². The highest BCUT2D eigenvalue weighted by Crippen LogP contribution is 2.11. The molecule has 0 aliphatic carbocycles. The van der Waals surface area contributed by atoms with Crippen molar-refractivity contribution in [3.8, 4) is 0 Å². The Kier molecular flexibility index (Phi) is 5.71. The monoisotopic (exact) mass is 283 g/mol. The number of ketones is 1. The van der Waals surface area contributed by atoms with Crippen LogP contribution in [0.3, 0.4) is 0 Å². The number of halogens is 1. The summed E-state index contributed by atoms with van der Waals surface area (Å²) < 4.78 is 12.1. The minimum Gasteiger partial charge on any atom is -0.362 e.